The van der Waals surface area contributed by atoms with Gasteiger partial charge in [0.15, 0.2) is 11.5 Å². The largest absolute Gasteiger partial charge is 0.493 e. The molecule has 1 heterocycles. The van der Waals surface area contributed by atoms with Crippen LogP contribution in [-0.4, -0.2) is 43.2 Å². The van der Waals surface area contributed by atoms with Gasteiger partial charge in [0.25, 0.3) is 0 Å². The molecular formula is C21H26N2O4. The van der Waals surface area contributed by atoms with Crippen molar-refractivity contribution >= 4 is 12.0 Å². The summed E-state index contributed by atoms with van der Waals surface area (Å²) in [5, 5.41) is 0. The van der Waals surface area contributed by atoms with Crippen molar-refractivity contribution in [3.63, 3.8) is 0 Å². The van der Waals surface area contributed by atoms with Crippen molar-refractivity contribution in [1.82, 2.24) is 9.88 Å². The Morgan fingerprint density at radius 3 is 2.30 bits per heavy atom. The first-order chi connectivity index (χ1) is 13.0. The maximum atomic E-state index is 12.7. The Morgan fingerprint density at radius 2 is 1.81 bits per heavy atom. The average Bonchev–Trinajstić information content (AvgIpc) is 2.69. The minimum absolute atomic E-state index is 0.0577. The van der Waals surface area contributed by atoms with Gasteiger partial charge in [0.2, 0.25) is 11.7 Å². The van der Waals surface area contributed by atoms with Gasteiger partial charge in [0.1, 0.15) is 0 Å². The van der Waals surface area contributed by atoms with Crippen LogP contribution in [0.1, 0.15) is 25.0 Å². The van der Waals surface area contributed by atoms with Crippen LogP contribution in [0, 0.1) is 0 Å². The predicted octanol–water partition coefficient (Wildman–Crippen LogP) is 3.56. The van der Waals surface area contributed by atoms with Crippen LogP contribution in [0.5, 0.6) is 17.2 Å². The molecule has 1 aromatic carbocycles. The molecule has 144 valence electrons. The van der Waals surface area contributed by atoms with Gasteiger partial charge < -0.3 is 19.1 Å². The van der Waals surface area contributed by atoms with Gasteiger partial charge in [-0.3, -0.25) is 9.78 Å². The first-order valence-corrected chi connectivity index (χ1v) is 8.67. The highest BCUT2D eigenvalue weighted by molar-refractivity contribution is 5.92. The molecule has 0 saturated heterocycles. The molecule has 0 bridgehead atoms. The Kier molecular flexibility index (Phi) is 7.23. The maximum Gasteiger partial charge on any atom is 0.247 e. The summed E-state index contributed by atoms with van der Waals surface area (Å²) in [5.41, 5.74) is 1.77. The molecule has 6 nitrogen and oxygen atoms in total. The van der Waals surface area contributed by atoms with Crippen LogP contribution in [0.25, 0.3) is 6.08 Å². The van der Waals surface area contributed by atoms with E-state index in [4.69, 9.17) is 14.2 Å². The standard InChI is InChI=1S/C21H26N2O4/c1-15(2)23(14-17-7-6-10-22-13-17)20(24)9-8-16-11-18(25-3)21(27-5)19(12-16)26-4/h6-13,15H,14H2,1-5H3/b9-8+. The first-order valence-electron chi connectivity index (χ1n) is 8.67. The molecule has 1 amide bonds. The Labute approximate surface area is 160 Å². The number of hydrogen-bond acceptors (Lipinski definition) is 5. The summed E-state index contributed by atoms with van der Waals surface area (Å²) >= 11 is 0. The van der Waals surface area contributed by atoms with Gasteiger partial charge in [0.05, 0.1) is 21.3 Å². The van der Waals surface area contributed by atoms with Crippen LogP contribution in [0.4, 0.5) is 0 Å². The summed E-state index contributed by atoms with van der Waals surface area (Å²) < 4.78 is 16.0. The molecule has 0 fully saturated rings. The third-order valence-electron chi connectivity index (χ3n) is 4.09. The lowest BCUT2D eigenvalue weighted by molar-refractivity contribution is -0.128. The van der Waals surface area contributed by atoms with Crippen molar-refractivity contribution in [3.8, 4) is 17.2 Å². The molecule has 0 aliphatic rings. The summed E-state index contributed by atoms with van der Waals surface area (Å²) in [4.78, 5) is 18.6. The third kappa shape index (κ3) is 5.23. The van der Waals surface area contributed by atoms with Gasteiger partial charge in [-0.05, 0) is 49.2 Å². The topological polar surface area (TPSA) is 60.9 Å². The van der Waals surface area contributed by atoms with E-state index >= 15 is 0 Å². The van der Waals surface area contributed by atoms with Gasteiger partial charge in [-0.2, -0.15) is 0 Å². The second-order valence-corrected chi connectivity index (χ2v) is 6.21. The van der Waals surface area contributed by atoms with E-state index in [2.05, 4.69) is 4.98 Å². The van der Waals surface area contributed by atoms with Crippen molar-refractivity contribution in [1.29, 1.82) is 0 Å². The van der Waals surface area contributed by atoms with Crippen LogP contribution >= 0.6 is 0 Å². The number of nitrogens with zero attached hydrogens (tertiary/aromatic N) is 2. The lowest BCUT2D eigenvalue weighted by Crippen LogP contribution is -2.35. The van der Waals surface area contributed by atoms with Crippen molar-refractivity contribution < 1.29 is 19.0 Å². The van der Waals surface area contributed by atoms with Gasteiger partial charge in [-0.15, -0.1) is 0 Å². The molecule has 6 heteroatoms. The summed E-state index contributed by atoms with van der Waals surface area (Å²) in [6, 6.07) is 7.47. The Hall–Kier alpha value is -3.02. The predicted molar refractivity (Wildman–Crippen MR) is 105 cm³/mol. The van der Waals surface area contributed by atoms with E-state index in [0.717, 1.165) is 11.1 Å². The Morgan fingerprint density at radius 1 is 1.15 bits per heavy atom. The van der Waals surface area contributed by atoms with Crippen molar-refractivity contribution in [2.75, 3.05) is 21.3 Å². The number of carbonyl (C=O) groups is 1. The molecule has 0 radical (unpaired) electrons. The zero-order valence-corrected chi connectivity index (χ0v) is 16.4. The Bertz CT molecular complexity index is 763. The second kappa shape index (κ2) is 9.62. The highest BCUT2D eigenvalue weighted by Crippen LogP contribution is 2.38. The zero-order valence-electron chi connectivity index (χ0n) is 16.4. The lowest BCUT2D eigenvalue weighted by Gasteiger charge is -2.25. The summed E-state index contributed by atoms with van der Waals surface area (Å²) in [6.45, 7) is 4.48. The van der Waals surface area contributed by atoms with Crippen molar-refractivity contribution in [2.24, 2.45) is 0 Å². The number of amides is 1. The quantitative estimate of drug-likeness (QED) is 0.665. The number of hydrogen-bond donors (Lipinski definition) is 0. The van der Waals surface area contributed by atoms with E-state index in [1.54, 1.807) is 62.9 Å². The van der Waals surface area contributed by atoms with Crippen LogP contribution in [0.3, 0.4) is 0 Å². The minimum atomic E-state index is -0.0809. The van der Waals surface area contributed by atoms with E-state index in [-0.39, 0.29) is 11.9 Å². The molecule has 0 aliphatic carbocycles. The highest BCUT2D eigenvalue weighted by Gasteiger charge is 2.16. The zero-order chi connectivity index (χ0) is 19.8. The molecule has 0 aliphatic heterocycles. The van der Waals surface area contributed by atoms with Crippen molar-refractivity contribution in [3.05, 3.63) is 53.9 Å². The van der Waals surface area contributed by atoms with Gasteiger partial charge >= 0.3 is 0 Å². The monoisotopic (exact) mass is 370 g/mol. The van der Waals surface area contributed by atoms with E-state index in [0.29, 0.717) is 23.8 Å². The summed E-state index contributed by atoms with van der Waals surface area (Å²) in [6.07, 6.45) is 6.78. The van der Waals surface area contributed by atoms with Crippen molar-refractivity contribution in [2.45, 2.75) is 26.4 Å². The van der Waals surface area contributed by atoms with E-state index < -0.39 is 0 Å². The molecule has 0 spiro atoms. The number of carbonyl (C=O) groups excluding carboxylic acids is 1. The van der Waals surface area contributed by atoms with Crippen LogP contribution in [-0.2, 0) is 11.3 Å². The van der Waals surface area contributed by atoms with Crippen LogP contribution in [0.2, 0.25) is 0 Å². The number of aromatic nitrogens is 1. The average molecular weight is 370 g/mol. The molecule has 1 aromatic heterocycles. The summed E-state index contributed by atoms with van der Waals surface area (Å²) in [7, 11) is 4.67. The molecule has 0 unspecified atom stereocenters. The molecule has 0 atom stereocenters. The van der Waals surface area contributed by atoms with Crippen LogP contribution in [0.15, 0.2) is 42.7 Å². The lowest BCUT2D eigenvalue weighted by atomic mass is 10.1. The number of rotatable bonds is 8. The molecular weight excluding hydrogens is 344 g/mol. The molecule has 2 aromatic rings. The molecule has 0 N–H and O–H groups in total. The molecule has 2 rings (SSSR count). The SMILES string of the molecule is COc1cc(/C=C/C(=O)N(Cc2cccnc2)C(C)C)cc(OC)c1OC. The fourth-order valence-electron chi connectivity index (χ4n) is 2.66. The summed E-state index contributed by atoms with van der Waals surface area (Å²) in [5.74, 6) is 1.52. The maximum absolute atomic E-state index is 12.7. The third-order valence-corrected chi connectivity index (χ3v) is 4.09. The highest BCUT2D eigenvalue weighted by atomic mass is 16.5. The second-order valence-electron chi connectivity index (χ2n) is 6.21. The fourth-order valence-corrected chi connectivity index (χ4v) is 2.66. The number of methoxy groups -OCH3 is 3. The van der Waals surface area contributed by atoms with Crippen LogP contribution < -0.4 is 14.2 Å². The number of ether oxygens (including phenoxy) is 3. The smallest absolute Gasteiger partial charge is 0.247 e. The first kappa shape index (κ1) is 20.3. The number of pyridine rings is 1. The van der Waals surface area contributed by atoms with E-state index in [9.17, 15) is 4.79 Å². The Balaban J connectivity index is 2.23. The minimum Gasteiger partial charge on any atom is -0.493 e. The molecule has 0 saturated carbocycles. The fraction of sp³-hybridized carbons (Fsp3) is 0.333. The number of benzene rings is 1. The molecule has 27 heavy (non-hydrogen) atoms. The normalized spacial score (nSPS) is 10.9. The van der Waals surface area contributed by atoms with Gasteiger partial charge in [0, 0.05) is 31.1 Å². The van der Waals surface area contributed by atoms with E-state index in [1.165, 1.54) is 0 Å². The van der Waals surface area contributed by atoms with Gasteiger partial charge in [-0.25, -0.2) is 0 Å². The van der Waals surface area contributed by atoms with E-state index in [1.807, 2.05) is 26.0 Å². The van der Waals surface area contributed by atoms with Gasteiger partial charge in [-0.1, -0.05) is 6.07 Å².